The highest BCUT2D eigenvalue weighted by atomic mass is 19.1. The van der Waals surface area contributed by atoms with Gasteiger partial charge in [0.25, 0.3) is 0 Å². The Morgan fingerprint density at radius 1 is 1.16 bits per heavy atom. The smallest absolute Gasteiger partial charge is 0.223 e. The fourth-order valence-corrected chi connectivity index (χ4v) is 3.48. The van der Waals surface area contributed by atoms with Crippen LogP contribution in [0.2, 0.25) is 0 Å². The quantitative estimate of drug-likeness (QED) is 0.805. The van der Waals surface area contributed by atoms with Gasteiger partial charge in [-0.05, 0) is 56.4 Å². The third-order valence-corrected chi connectivity index (χ3v) is 5.06. The van der Waals surface area contributed by atoms with E-state index in [1.54, 1.807) is 12.1 Å². The molecule has 1 atom stereocenters. The number of hydrogen-bond acceptors (Lipinski definition) is 3. The Balaban J connectivity index is 1.32. The Hall–Kier alpha value is -1.88. The van der Waals surface area contributed by atoms with Crippen molar-refractivity contribution in [3.8, 4) is 5.75 Å². The molecule has 0 radical (unpaired) electrons. The molecule has 0 spiro atoms. The van der Waals surface area contributed by atoms with Gasteiger partial charge in [-0.1, -0.05) is 12.2 Å². The van der Waals surface area contributed by atoms with Crippen molar-refractivity contribution in [1.82, 2.24) is 10.2 Å². The minimum Gasteiger partial charge on any atom is -0.492 e. The number of rotatable bonds is 6. The molecular weight excluding hydrogens is 319 g/mol. The lowest BCUT2D eigenvalue weighted by atomic mass is 9.93. The van der Waals surface area contributed by atoms with Gasteiger partial charge in [0.1, 0.15) is 18.2 Å². The number of ether oxygens (including phenoxy) is 1. The predicted molar refractivity (Wildman–Crippen MR) is 96.0 cm³/mol. The third-order valence-electron chi connectivity index (χ3n) is 5.06. The van der Waals surface area contributed by atoms with Crippen LogP contribution in [0.4, 0.5) is 4.39 Å². The highest BCUT2D eigenvalue weighted by Crippen LogP contribution is 2.19. The summed E-state index contributed by atoms with van der Waals surface area (Å²) in [5, 5.41) is 3.23. The van der Waals surface area contributed by atoms with Crippen molar-refractivity contribution in [3.63, 3.8) is 0 Å². The minimum absolute atomic E-state index is 0.159. The van der Waals surface area contributed by atoms with E-state index in [-0.39, 0.29) is 17.6 Å². The lowest BCUT2D eigenvalue weighted by Gasteiger charge is -2.33. The second-order valence-corrected chi connectivity index (χ2v) is 6.91. The molecule has 1 saturated heterocycles. The first-order chi connectivity index (χ1) is 12.2. The molecule has 0 bridgehead atoms. The molecule has 1 aliphatic heterocycles. The number of benzene rings is 1. The number of allylic oxidation sites excluding steroid dienone is 2. The molecule has 0 aromatic heterocycles. The summed E-state index contributed by atoms with van der Waals surface area (Å²) in [6, 6.07) is 6.42. The number of hydrogen-bond donors (Lipinski definition) is 1. The SMILES string of the molecule is O=C(NC1CCN(CCOc2ccc(F)cc2)CC1)[C@@H]1CC=CCC1. The van der Waals surface area contributed by atoms with Crippen LogP contribution in [-0.4, -0.2) is 43.1 Å². The average molecular weight is 346 g/mol. The molecule has 0 saturated carbocycles. The van der Waals surface area contributed by atoms with E-state index in [0.717, 1.165) is 51.7 Å². The van der Waals surface area contributed by atoms with Gasteiger partial charge in [-0.25, -0.2) is 4.39 Å². The van der Waals surface area contributed by atoms with Crippen LogP contribution in [0.1, 0.15) is 32.1 Å². The van der Waals surface area contributed by atoms with Crippen LogP contribution < -0.4 is 10.1 Å². The molecule has 136 valence electrons. The van der Waals surface area contributed by atoms with Gasteiger partial charge < -0.3 is 10.1 Å². The molecule has 1 aromatic carbocycles. The van der Waals surface area contributed by atoms with Gasteiger partial charge in [0.05, 0.1) is 0 Å². The van der Waals surface area contributed by atoms with Gasteiger partial charge in [0.2, 0.25) is 5.91 Å². The Bertz CT molecular complexity index is 580. The number of amides is 1. The van der Waals surface area contributed by atoms with Gasteiger partial charge in [-0.2, -0.15) is 0 Å². The van der Waals surface area contributed by atoms with E-state index in [9.17, 15) is 9.18 Å². The minimum atomic E-state index is -0.249. The normalized spacial score (nSPS) is 21.9. The Kier molecular flexibility index (Phi) is 6.45. The maximum atomic E-state index is 12.8. The van der Waals surface area contributed by atoms with Crippen LogP contribution in [0.3, 0.4) is 0 Å². The van der Waals surface area contributed by atoms with Crippen molar-refractivity contribution >= 4 is 5.91 Å². The summed E-state index contributed by atoms with van der Waals surface area (Å²) in [7, 11) is 0. The zero-order valence-corrected chi connectivity index (χ0v) is 14.6. The van der Waals surface area contributed by atoms with Crippen molar-refractivity contribution < 1.29 is 13.9 Å². The standard InChI is InChI=1S/C20H27FN2O2/c21-17-6-8-19(9-7-17)25-15-14-23-12-10-18(11-13-23)22-20(24)16-4-2-1-3-5-16/h1-2,6-9,16,18H,3-5,10-15H2,(H,22,24)/t16-/m1/s1. The second kappa shape index (κ2) is 8.99. The second-order valence-electron chi connectivity index (χ2n) is 6.91. The molecule has 25 heavy (non-hydrogen) atoms. The predicted octanol–water partition coefficient (Wildman–Crippen LogP) is 3.14. The molecule has 1 fully saturated rings. The summed E-state index contributed by atoms with van der Waals surface area (Å²) in [6.45, 7) is 3.40. The number of nitrogens with one attached hydrogen (secondary N) is 1. The summed E-state index contributed by atoms with van der Waals surface area (Å²) in [4.78, 5) is 14.7. The van der Waals surface area contributed by atoms with Crippen LogP contribution >= 0.6 is 0 Å². The monoisotopic (exact) mass is 346 g/mol. The van der Waals surface area contributed by atoms with E-state index in [1.807, 2.05) is 0 Å². The molecule has 0 unspecified atom stereocenters. The van der Waals surface area contributed by atoms with E-state index < -0.39 is 0 Å². The van der Waals surface area contributed by atoms with E-state index in [0.29, 0.717) is 18.4 Å². The number of carbonyl (C=O) groups is 1. The maximum absolute atomic E-state index is 12.8. The fraction of sp³-hybridized carbons (Fsp3) is 0.550. The van der Waals surface area contributed by atoms with Crippen LogP contribution in [0.5, 0.6) is 5.75 Å². The Morgan fingerprint density at radius 3 is 2.60 bits per heavy atom. The summed E-state index contributed by atoms with van der Waals surface area (Å²) in [5.74, 6) is 0.834. The summed E-state index contributed by atoms with van der Waals surface area (Å²) in [5.41, 5.74) is 0. The number of carbonyl (C=O) groups excluding carboxylic acids is 1. The van der Waals surface area contributed by atoms with E-state index >= 15 is 0 Å². The van der Waals surface area contributed by atoms with Crippen molar-refractivity contribution in [2.24, 2.45) is 5.92 Å². The molecule has 5 heteroatoms. The maximum Gasteiger partial charge on any atom is 0.223 e. The number of halogens is 1. The van der Waals surface area contributed by atoms with Crippen molar-refractivity contribution in [2.45, 2.75) is 38.1 Å². The van der Waals surface area contributed by atoms with E-state index in [2.05, 4.69) is 22.4 Å². The lowest BCUT2D eigenvalue weighted by Crippen LogP contribution is -2.47. The largest absolute Gasteiger partial charge is 0.492 e. The van der Waals surface area contributed by atoms with Crippen molar-refractivity contribution in [3.05, 3.63) is 42.2 Å². The molecule has 3 rings (SSSR count). The molecule has 1 heterocycles. The zero-order chi connectivity index (χ0) is 17.5. The lowest BCUT2D eigenvalue weighted by molar-refractivity contribution is -0.126. The van der Waals surface area contributed by atoms with Crippen molar-refractivity contribution in [2.75, 3.05) is 26.2 Å². The first-order valence-corrected chi connectivity index (χ1v) is 9.27. The fourth-order valence-electron chi connectivity index (χ4n) is 3.48. The van der Waals surface area contributed by atoms with Crippen LogP contribution in [0.25, 0.3) is 0 Å². The Morgan fingerprint density at radius 2 is 1.92 bits per heavy atom. The van der Waals surface area contributed by atoms with Crippen LogP contribution in [0, 0.1) is 11.7 Å². The van der Waals surface area contributed by atoms with Crippen molar-refractivity contribution in [1.29, 1.82) is 0 Å². The molecule has 1 aliphatic carbocycles. The number of piperidine rings is 1. The number of nitrogens with zero attached hydrogens (tertiary/aromatic N) is 1. The first-order valence-electron chi connectivity index (χ1n) is 9.27. The molecule has 1 amide bonds. The van der Waals surface area contributed by atoms with Gasteiger partial charge in [0.15, 0.2) is 0 Å². The van der Waals surface area contributed by atoms with Gasteiger partial charge >= 0.3 is 0 Å². The summed E-state index contributed by atoms with van der Waals surface area (Å²) < 4.78 is 18.5. The van der Waals surface area contributed by atoms with Crippen LogP contribution in [0.15, 0.2) is 36.4 Å². The van der Waals surface area contributed by atoms with E-state index in [1.165, 1.54) is 12.1 Å². The zero-order valence-electron chi connectivity index (χ0n) is 14.6. The topological polar surface area (TPSA) is 41.6 Å². The molecule has 4 nitrogen and oxygen atoms in total. The highest BCUT2D eigenvalue weighted by Gasteiger charge is 2.24. The number of likely N-dealkylation sites (tertiary alicyclic amines) is 1. The van der Waals surface area contributed by atoms with E-state index in [4.69, 9.17) is 4.74 Å². The molecular formula is C20H27FN2O2. The molecule has 2 aliphatic rings. The molecule has 1 N–H and O–H groups in total. The summed E-state index contributed by atoms with van der Waals surface area (Å²) in [6.07, 6.45) is 9.14. The van der Waals surface area contributed by atoms with Gasteiger partial charge in [-0.15, -0.1) is 0 Å². The van der Waals surface area contributed by atoms with Gasteiger partial charge in [0, 0.05) is 31.6 Å². The Labute approximate surface area is 149 Å². The molecule has 1 aromatic rings. The third kappa shape index (κ3) is 5.56. The van der Waals surface area contributed by atoms with Crippen LogP contribution in [-0.2, 0) is 4.79 Å². The highest BCUT2D eigenvalue weighted by molar-refractivity contribution is 5.79. The average Bonchev–Trinajstić information content (AvgIpc) is 2.65. The summed E-state index contributed by atoms with van der Waals surface area (Å²) >= 11 is 0. The first kappa shape index (κ1) is 17.9. The van der Waals surface area contributed by atoms with Gasteiger partial charge in [-0.3, -0.25) is 9.69 Å².